The molecule has 1 atom stereocenters. The minimum absolute atomic E-state index is 0.168. The Balaban J connectivity index is 1.96. The number of carbonyl (C=O) groups is 2. The van der Waals surface area contributed by atoms with E-state index in [9.17, 15) is 27.9 Å². The van der Waals surface area contributed by atoms with Crippen LogP contribution in [0, 0.1) is 0 Å². The van der Waals surface area contributed by atoms with Crippen molar-refractivity contribution in [3.8, 4) is 5.75 Å². The van der Waals surface area contributed by atoms with Crippen LogP contribution in [0.5, 0.6) is 5.75 Å². The first-order chi connectivity index (χ1) is 16.0. The van der Waals surface area contributed by atoms with Crippen molar-refractivity contribution >= 4 is 11.9 Å². The van der Waals surface area contributed by atoms with Gasteiger partial charge in [-0.2, -0.15) is 13.2 Å². The maximum absolute atomic E-state index is 12.7. The Morgan fingerprint density at radius 2 is 1.53 bits per heavy atom. The molecule has 0 unspecified atom stereocenters. The van der Waals surface area contributed by atoms with E-state index in [2.05, 4.69) is 0 Å². The van der Waals surface area contributed by atoms with E-state index in [0.717, 1.165) is 17.7 Å². The summed E-state index contributed by atoms with van der Waals surface area (Å²) in [5.74, 6) is -0.884. The second-order valence-electron chi connectivity index (χ2n) is 7.80. The number of aliphatic carboxylic acids is 1. The number of benzene rings is 2. The largest absolute Gasteiger partial charge is 0.484 e. The summed E-state index contributed by atoms with van der Waals surface area (Å²) in [6.45, 7) is 5.87. The van der Waals surface area contributed by atoms with E-state index in [0.29, 0.717) is 24.3 Å². The number of alkyl halides is 3. The lowest BCUT2D eigenvalue weighted by Gasteiger charge is -2.28. The van der Waals surface area contributed by atoms with Crippen LogP contribution < -0.4 is 4.74 Å². The van der Waals surface area contributed by atoms with Gasteiger partial charge in [0.25, 0.3) is 5.91 Å². The topological polar surface area (TPSA) is 76.1 Å². The molecule has 0 bridgehead atoms. The SMILES string of the molecule is CCO[C@@](CC)(Cc1ccc(OCC(=O)N(CC)Cc2ccc(C(F)(F)F)cc2)cc1)C(=O)O. The minimum atomic E-state index is -4.41. The molecule has 0 saturated heterocycles. The van der Waals surface area contributed by atoms with Gasteiger partial charge in [0, 0.05) is 26.1 Å². The standard InChI is InChI=1S/C25H30F3NO5/c1-4-24(23(31)32,34-6-3)15-18-9-13-21(14-10-18)33-17-22(30)29(5-2)16-19-7-11-20(12-8-19)25(26,27)28/h7-14H,4-6,15-17H2,1-3H3,(H,31,32)/t24-/m0/s1. The van der Waals surface area contributed by atoms with Crippen molar-refractivity contribution in [1.29, 1.82) is 0 Å². The van der Waals surface area contributed by atoms with Gasteiger partial charge < -0.3 is 19.5 Å². The lowest BCUT2D eigenvalue weighted by atomic mass is 9.91. The van der Waals surface area contributed by atoms with Crippen LogP contribution in [0.15, 0.2) is 48.5 Å². The molecule has 1 N–H and O–H groups in total. The smallest absolute Gasteiger partial charge is 0.416 e. The quantitative estimate of drug-likeness (QED) is 0.465. The number of hydrogen-bond donors (Lipinski definition) is 1. The summed E-state index contributed by atoms with van der Waals surface area (Å²) in [7, 11) is 0. The lowest BCUT2D eigenvalue weighted by molar-refractivity contribution is -0.166. The zero-order valence-corrected chi connectivity index (χ0v) is 19.5. The fourth-order valence-corrected chi connectivity index (χ4v) is 3.51. The van der Waals surface area contributed by atoms with E-state index in [1.807, 2.05) is 0 Å². The number of ether oxygens (including phenoxy) is 2. The lowest BCUT2D eigenvalue weighted by Crippen LogP contribution is -2.43. The molecular weight excluding hydrogens is 451 g/mol. The Hall–Kier alpha value is -3.07. The van der Waals surface area contributed by atoms with Gasteiger partial charge in [0.15, 0.2) is 12.2 Å². The van der Waals surface area contributed by atoms with Crippen LogP contribution in [0.25, 0.3) is 0 Å². The molecule has 2 aromatic carbocycles. The predicted octanol–water partition coefficient (Wildman–Crippen LogP) is 4.95. The van der Waals surface area contributed by atoms with Gasteiger partial charge in [-0.05, 0) is 55.7 Å². The summed E-state index contributed by atoms with van der Waals surface area (Å²) in [4.78, 5) is 25.8. The van der Waals surface area contributed by atoms with Crippen LogP contribution in [-0.2, 0) is 33.5 Å². The van der Waals surface area contributed by atoms with Crippen LogP contribution >= 0.6 is 0 Å². The van der Waals surface area contributed by atoms with Crippen LogP contribution in [0.3, 0.4) is 0 Å². The Kier molecular flexibility index (Phi) is 9.49. The molecular formula is C25H30F3NO5. The number of hydrogen-bond acceptors (Lipinski definition) is 4. The maximum atomic E-state index is 12.7. The van der Waals surface area contributed by atoms with Gasteiger partial charge in [-0.15, -0.1) is 0 Å². The van der Waals surface area contributed by atoms with E-state index in [-0.39, 0.29) is 32.1 Å². The second-order valence-corrected chi connectivity index (χ2v) is 7.80. The number of nitrogens with zero attached hydrogens (tertiary/aromatic N) is 1. The van der Waals surface area contributed by atoms with Gasteiger partial charge in [-0.3, -0.25) is 4.79 Å². The van der Waals surface area contributed by atoms with E-state index >= 15 is 0 Å². The van der Waals surface area contributed by atoms with Gasteiger partial charge >= 0.3 is 12.1 Å². The highest BCUT2D eigenvalue weighted by Crippen LogP contribution is 2.29. The van der Waals surface area contributed by atoms with Crippen LogP contribution in [0.4, 0.5) is 13.2 Å². The number of carbonyl (C=O) groups excluding carboxylic acids is 1. The summed E-state index contributed by atoms with van der Waals surface area (Å²) in [6.07, 6.45) is -3.89. The molecule has 0 aliphatic heterocycles. The number of likely N-dealkylation sites (N-methyl/N-ethyl adjacent to an activating group) is 1. The van der Waals surface area contributed by atoms with Crippen molar-refractivity contribution in [2.45, 2.75) is 51.9 Å². The highest BCUT2D eigenvalue weighted by Gasteiger charge is 2.37. The monoisotopic (exact) mass is 481 g/mol. The zero-order chi connectivity index (χ0) is 25.4. The summed E-state index contributed by atoms with van der Waals surface area (Å²) in [6, 6.07) is 11.5. The molecule has 2 aromatic rings. The molecule has 0 aliphatic carbocycles. The molecule has 0 fully saturated rings. The summed E-state index contributed by atoms with van der Waals surface area (Å²) < 4.78 is 49.3. The zero-order valence-electron chi connectivity index (χ0n) is 19.5. The number of carboxylic acids is 1. The van der Waals surface area contributed by atoms with Gasteiger partial charge in [0.2, 0.25) is 0 Å². The highest BCUT2D eigenvalue weighted by atomic mass is 19.4. The van der Waals surface area contributed by atoms with Crippen molar-refractivity contribution in [3.63, 3.8) is 0 Å². The Morgan fingerprint density at radius 1 is 0.941 bits per heavy atom. The first-order valence-corrected chi connectivity index (χ1v) is 11.1. The molecule has 0 heterocycles. The third-order valence-corrected chi connectivity index (χ3v) is 5.55. The van der Waals surface area contributed by atoms with E-state index in [1.54, 1.807) is 45.0 Å². The third-order valence-electron chi connectivity index (χ3n) is 5.55. The minimum Gasteiger partial charge on any atom is -0.484 e. The Morgan fingerprint density at radius 3 is 2.00 bits per heavy atom. The number of amides is 1. The molecule has 0 spiro atoms. The highest BCUT2D eigenvalue weighted by molar-refractivity contribution is 5.78. The van der Waals surface area contributed by atoms with Gasteiger partial charge in [-0.1, -0.05) is 31.2 Å². The number of carboxylic acid groups (broad SMARTS) is 1. The Bertz CT molecular complexity index is 945. The predicted molar refractivity (Wildman–Crippen MR) is 120 cm³/mol. The van der Waals surface area contributed by atoms with Crippen LogP contribution in [0.2, 0.25) is 0 Å². The van der Waals surface area contributed by atoms with Crippen molar-refractivity contribution in [1.82, 2.24) is 4.90 Å². The maximum Gasteiger partial charge on any atom is 0.416 e. The van der Waals surface area contributed by atoms with E-state index < -0.39 is 23.3 Å². The summed E-state index contributed by atoms with van der Waals surface area (Å²) in [5.41, 5.74) is -0.695. The average Bonchev–Trinajstić information content (AvgIpc) is 2.81. The summed E-state index contributed by atoms with van der Waals surface area (Å²) in [5, 5.41) is 9.60. The molecule has 2 rings (SSSR count). The number of rotatable bonds is 12. The van der Waals surface area contributed by atoms with Crippen molar-refractivity contribution < 1.29 is 37.3 Å². The normalized spacial score (nSPS) is 13.2. The molecule has 0 aliphatic rings. The molecule has 0 saturated carbocycles. The van der Waals surface area contributed by atoms with Crippen molar-refractivity contribution in [3.05, 3.63) is 65.2 Å². The average molecular weight is 482 g/mol. The van der Waals surface area contributed by atoms with Crippen LogP contribution in [0.1, 0.15) is 43.9 Å². The fourth-order valence-electron chi connectivity index (χ4n) is 3.51. The number of halogens is 3. The molecule has 186 valence electrons. The van der Waals surface area contributed by atoms with E-state index in [4.69, 9.17) is 9.47 Å². The Labute approximate surface area is 197 Å². The van der Waals surface area contributed by atoms with E-state index in [1.165, 1.54) is 17.0 Å². The van der Waals surface area contributed by atoms with Crippen LogP contribution in [-0.4, -0.2) is 47.2 Å². The third kappa shape index (κ3) is 7.21. The molecule has 9 heteroatoms. The molecule has 0 radical (unpaired) electrons. The van der Waals surface area contributed by atoms with Gasteiger partial charge in [0.05, 0.1) is 5.56 Å². The van der Waals surface area contributed by atoms with Crippen molar-refractivity contribution in [2.24, 2.45) is 0 Å². The fraction of sp³-hybridized carbons (Fsp3) is 0.440. The van der Waals surface area contributed by atoms with Gasteiger partial charge in [0.1, 0.15) is 5.75 Å². The first-order valence-electron chi connectivity index (χ1n) is 11.1. The van der Waals surface area contributed by atoms with Crippen molar-refractivity contribution in [2.75, 3.05) is 19.8 Å². The summed E-state index contributed by atoms with van der Waals surface area (Å²) >= 11 is 0. The first kappa shape index (κ1) is 27.2. The molecule has 0 aromatic heterocycles. The second kappa shape index (κ2) is 11.9. The molecule has 6 nitrogen and oxygen atoms in total. The molecule has 34 heavy (non-hydrogen) atoms. The molecule has 1 amide bonds. The van der Waals surface area contributed by atoms with Gasteiger partial charge in [-0.25, -0.2) is 4.79 Å².